The number of aryl methyl sites for hydroxylation is 1. The Bertz CT molecular complexity index is 1170. The minimum atomic E-state index is -0.354. The van der Waals surface area contributed by atoms with Crippen LogP contribution in [0.1, 0.15) is 16.7 Å². The number of fused-ring (bicyclic) bond motifs is 1. The van der Waals surface area contributed by atoms with Crippen LogP contribution in [0.4, 0.5) is 9.52 Å². The molecular formula is C20H16FN3O2S2. The Morgan fingerprint density at radius 2 is 1.96 bits per heavy atom. The van der Waals surface area contributed by atoms with Crippen LogP contribution in [0, 0.1) is 12.7 Å². The van der Waals surface area contributed by atoms with E-state index < -0.39 is 0 Å². The number of thioether (sulfide) groups is 1. The lowest BCUT2D eigenvalue weighted by Crippen LogP contribution is -2.00. The third-order valence-electron chi connectivity index (χ3n) is 4.10. The van der Waals surface area contributed by atoms with Crippen LogP contribution in [0.15, 0.2) is 62.1 Å². The normalized spacial score (nSPS) is 11.1. The van der Waals surface area contributed by atoms with Crippen molar-refractivity contribution in [3.63, 3.8) is 0 Å². The van der Waals surface area contributed by atoms with Gasteiger partial charge in [0.25, 0.3) is 0 Å². The van der Waals surface area contributed by atoms with Gasteiger partial charge in [-0.3, -0.25) is 0 Å². The van der Waals surface area contributed by atoms with Crippen molar-refractivity contribution in [1.29, 1.82) is 0 Å². The molecule has 0 amide bonds. The maximum atomic E-state index is 13.0. The molecule has 0 atom stereocenters. The van der Waals surface area contributed by atoms with Gasteiger partial charge in [-0.05, 0) is 41.8 Å². The topological polar surface area (TPSA) is 68.0 Å². The molecule has 0 saturated heterocycles. The number of nitrogens with one attached hydrogen (secondary N) is 1. The summed E-state index contributed by atoms with van der Waals surface area (Å²) in [6.45, 7) is 2.51. The van der Waals surface area contributed by atoms with Gasteiger partial charge in [-0.15, -0.1) is 10.2 Å². The summed E-state index contributed by atoms with van der Waals surface area (Å²) in [6, 6.07) is 13.7. The van der Waals surface area contributed by atoms with Crippen LogP contribution >= 0.6 is 23.1 Å². The molecule has 28 heavy (non-hydrogen) atoms. The van der Waals surface area contributed by atoms with E-state index in [2.05, 4.69) is 15.5 Å². The van der Waals surface area contributed by atoms with Gasteiger partial charge in [0, 0.05) is 23.8 Å². The molecule has 0 spiro atoms. The van der Waals surface area contributed by atoms with Gasteiger partial charge in [-0.1, -0.05) is 47.4 Å². The minimum Gasteiger partial charge on any atom is -0.423 e. The van der Waals surface area contributed by atoms with Crippen molar-refractivity contribution in [3.8, 4) is 0 Å². The zero-order valence-electron chi connectivity index (χ0n) is 14.9. The van der Waals surface area contributed by atoms with Gasteiger partial charge < -0.3 is 9.73 Å². The average Bonchev–Trinajstić information content (AvgIpc) is 3.13. The molecule has 0 saturated carbocycles. The summed E-state index contributed by atoms with van der Waals surface area (Å²) in [7, 11) is 0. The third-order valence-corrected chi connectivity index (χ3v) is 6.16. The first-order valence-corrected chi connectivity index (χ1v) is 10.3. The Morgan fingerprint density at radius 1 is 1.14 bits per heavy atom. The van der Waals surface area contributed by atoms with Crippen molar-refractivity contribution >= 4 is 39.2 Å². The van der Waals surface area contributed by atoms with Crippen molar-refractivity contribution in [2.75, 3.05) is 5.32 Å². The zero-order chi connectivity index (χ0) is 19.5. The first-order valence-electron chi connectivity index (χ1n) is 8.55. The maximum absolute atomic E-state index is 13.0. The summed E-state index contributed by atoms with van der Waals surface area (Å²) in [4.78, 5) is 11.8. The van der Waals surface area contributed by atoms with E-state index in [1.165, 1.54) is 41.3 Å². The summed E-state index contributed by atoms with van der Waals surface area (Å²) in [5.74, 6) is 0.341. The highest BCUT2D eigenvalue weighted by Crippen LogP contribution is 2.30. The van der Waals surface area contributed by atoms with E-state index in [9.17, 15) is 9.18 Å². The van der Waals surface area contributed by atoms with Crippen molar-refractivity contribution in [2.45, 2.75) is 23.6 Å². The van der Waals surface area contributed by atoms with E-state index in [0.717, 1.165) is 26.4 Å². The summed E-state index contributed by atoms with van der Waals surface area (Å²) in [5, 5.41) is 13.1. The number of nitrogens with zero attached hydrogens (tertiary/aromatic N) is 2. The molecule has 0 aliphatic carbocycles. The van der Waals surface area contributed by atoms with Crippen LogP contribution < -0.4 is 10.9 Å². The highest BCUT2D eigenvalue weighted by molar-refractivity contribution is 8.00. The second-order valence-electron chi connectivity index (χ2n) is 6.23. The SMILES string of the molecule is Cc1ccc2c(CSc3nnc(NCc4ccc(F)cc4)s3)cc(=O)oc2c1. The number of benzene rings is 2. The molecule has 0 aliphatic heterocycles. The standard InChI is InChI=1S/C20H16FN3O2S2/c1-12-2-7-16-14(9-18(25)26-17(16)8-12)11-27-20-24-23-19(28-20)22-10-13-3-5-15(21)6-4-13/h2-9H,10-11H2,1H3,(H,22,23). The van der Waals surface area contributed by atoms with Crippen molar-refractivity contribution in [3.05, 3.63) is 81.5 Å². The van der Waals surface area contributed by atoms with Crippen LogP contribution in [-0.4, -0.2) is 10.2 Å². The minimum absolute atomic E-state index is 0.254. The van der Waals surface area contributed by atoms with Gasteiger partial charge in [-0.25, -0.2) is 9.18 Å². The van der Waals surface area contributed by atoms with E-state index in [0.29, 0.717) is 23.0 Å². The third kappa shape index (κ3) is 4.40. The lowest BCUT2D eigenvalue weighted by atomic mass is 10.1. The number of rotatable bonds is 6. The molecule has 0 fully saturated rings. The van der Waals surface area contributed by atoms with E-state index in [1.54, 1.807) is 12.1 Å². The predicted molar refractivity (Wildman–Crippen MR) is 110 cm³/mol. The molecule has 2 aromatic carbocycles. The second-order valence-corrected chi connectivity index (χ2v) is 8.43. The van der Waals surface area contributed by atoms with Crippen molar-refractivity contribution in [2.24, 2.45) is 0 Å². The Morgan fingerprint density at radius 3 is 2.79 bits per heavy atom. The molecule has 0 bridgehead atoms. The first kappa shape index (κ1) is 18.6. The van der Waals surface area contributed by atoms with E-state index in [1.807, 2.05) is 25.1 Å². The molecule has 5 nitrogen and oxygen atoms in total. The number of hydrogen-bond acceptors (Lipinski definition) is 7. The fourth-order valence-corrected chi connectivity index (χ4v) is 4.45. The van der Waals surface area contributed by atoms with Crippen LogP contribution in [0.25, 0.3) is 11.0 Å². The predicted octanol–water partition coefficient (Wildman–Crippen LogP) is 5.00. The zero-order valence-corrected chi connectivity index (χ0v) is 16.6. The molecule has 2 heterocycles. The second kappa shape index (κ2) is 8.12. The Kier molecular flexibility index (Phi) is 5.40. The van der Waals surface area contributed by atoms with Gasteiger partial charge in [0.1, 0.15) is 11.4 Å². The highest BCUT2D eigenvalue weighted by Gasteiger charge is 2.09. The molecule has 4 aromatic rings. The van der Waals surface area contributed by atoms with E-state index >= 15 is 0 Å². The molecule has 1 N–H and O–H groups in total. The average molecular weight is 413 g/mol. The van der Waals surface area contributed by atoms with Crippen molar-refractivity contribution < 1.29 is 8.81 Å². The van der Waals surface area contributed by atoms with Gasteiger partial charge in [0.05, 0.1) is 0 Å². The summed E-state index contributed by atoms with van der Waals surface area (Å²) < 4.78 is 19.0. The van der Waals surface area contributed by atoms with Crippen LogP contribution in [0.3, 0.4) is 0 Å². The maximum Gasteiger partial charge on any atom is 0.336 e. The van der Waals surface area contributed by atoms with Gasteiger partial charge in [-0.2, -0.15) is 0 Å². The van der Waals surface area contributed by atoms with Gasteiger partial charge in [0.15, 0.2) is 4.34 Å². The molecule has 142 valence electrons. The van der Waals surface area contributed by atoms with E-state index in [-0.39, 0.29) is 11.4 Å². The lowest BCUT2D eigenvalue weighted by Gasteiger charge is -2.04. The molecule has 0 radical (unpaired) electrons. The summed E-state index contributed by atoms with van der Waals surface area (Å²) in [6.07, 6.45) is 0. The van der Waals surface area contributed by atoms with Gasteiger partial charge >= 0.3 is 5.63 Å². The largest absolute Gasteiger partial charge is 0.423 e. The number of aromatic nitrogens is 2. The van der Waals surface area contributed by atoms with Gasteiger partial charge in [0.2, 0.25) is 5.13 Å². The molecule has 0 aliphatic rings. The number of hydrogen-bond donors (Lipinski definition) is 1. The van der Waals surface area contributed by atoms with Crippen molar-refractivity contribution in [1.82, 2.24) is 10.2 Å². The van der Waals surface area contributed by atoms with Crippen LogP contribution in [0.5, 0.6) is 0 Å². The smallest absolute Gasteiger partial charge is 0.336 e. The highest BCUT2D eigenvalue weighted by atomic mass is 32.2. The van der Waals surface area contributed by atoms with Crippen LogP contribution in [0.2, 0.25) is 0 Å². The fourth-order valence-electron chi connectivity index (χ4n) is 2.72. The molecule has 8 heteroatoms. The molecule has 2 aromatic heterocycles. The molecule has 4 rings (SSSR count). The quantitative estimate of drug-likeness (QED) is 0.355. The number of anilines is 1. The van der Waals surface area contributed by atoms with Crippen LogP contribution in [-0.2, 0) is 12.3 Å². The summed E-state index contributed by atoms with van der Waals surface area (Å²) >= 11 is 2.96. The van der Waals surface area contributed by atoms with E-state index in [4.69, 9.17) is 4.42 Å². The summed E-state index contributed by atoms with van der Waals surface area (Å²) in [5.41, 5.74) is 3.16. The fraction of sp³-hybridized carbons (Fsp3) is 0.150. The Labute approximate surface area is 168 Å². The lowest BCUT2D eigenvalue weighted by molar-refractivity contribution is 0.559. The Hall–Kier alpha value is -2.71. The molecule has 0 unspecified atom stereocenters. The monoisotopic (exact) mass is 413 g/mol. The Balaban J connectivity index is 1.43. The molecular weight excluding hydrogens is 397 g/mol. The number of halogens is 1. The first-order chi connectivity index (χ1) is 13.6.